The Morgan fingerprint density at radius 3 is 2.35 bits per heavy atom. The van der Waals surface area contributed by atoms with Crippen LogP contribution in [0.5, 0.6) is 0 Å². The topological polar surface area (TPSA) is 71.2 Å². The number of hydrogen-bond acceptors (Lipinski definition) is 4. The molecular formula is C25H20N4O2. The number of fused-ring (bicyclic) bond motifs is 1. The third kappa shape index (κ3) is 3.67. The molecule has 6 heteroatoms. The van der Waals surface area contributed by atoms with E-state index in [0.717, 1.165) is 27.8 Å². The van der Waals surface area contributed by atoms with Crippen LogP contribution >= 0.6 is 0 Å². The van der Waals surface area contributed by atoms with Crippen molar-refractivity contribution < 1.29 is 9.53 Å². The van der Waals surface area contributed by atoms with E-state index in [4.69, 9.17) is 10.00 Å². The van der Waals surface area contributed by atoms with Gasteiger partial charge in [0.1, 0.15) is 6.33 Å². The van der Waals surface area contributed by atoms with Gasteiger partial charge in [0.25, 0.3) is 5.91 Å². The lowest BCUT2D eigenvalue weighted by molar-refractivity contribution is 0.0303. The van der Waals surface area contributed by atoms with Gasteiger partial charge in [-0.3, -0.25) is 9.36 Å². The van der Waals surface area contributed by atoms with E-state index in [9.17, 15) is 4.79 Å². The van der Waals surface area contributed by atoms with Crippen LogP contribution < -0.4 is 0 Å². The van der Waals surface area contributed by atoms with Gasteiger partial charge in [-0.1, -0.05) is 18.2 Å². The fourth-order valence-electron chi connectivity index (χ4n) is 3.84. The number of ether oxygens (including phenoxy) is 1. The summed E-state index contributed by atoms with van der Waals surface area (Å²) in [6.45, 7) is 2.46. The number of carbonyl (C=O) groups excluding carboxylic acids is 1. The van der Waals surface area contributed by atoms with Crippen LogP contribution in [0.4, 0.5) is 0 Å². The lowest BCUT2D eigenvalue weighted by atomic mass is 10.0. The van der Waals surface area contributed by atoms with E-state index >= 15 is 0 Å². The Morgan fingerprint density at radius 2 is 1.65 bits per heavy atom. The minimum absolute atomic E-state index is 0.0456. The summed E-state index contributed by atoms with van der Waals surface area (Å²) in [5.41, 5.74) is 6.23. The molecule has 0 N–H and O–H groups in total. The maximum absolute atomic E-state index is 12.7. The van der Waals surface area contributed by atoms with Crippen LogP contribution in [0.3, 0.4) is 0 Å². The zero-order valence-corrected chi connectivity index (χ0v) is 16.9. The van der Waals surface area contributed by atoms with E-state index in [2.05, 4.69) is 17.1 Å². The highest BCUT2D eigenvalue weighted by molar-refractivity contribution is 5.95. The summed E-state index contributed by atoms with van der Waals surface area (Å²) in [5, 5.41) is 9.02. The molecule has 31 heavy (non-hydrogen) atoms. The molecule has 0 radical (unpaired) electrons. The van der Waals surface area contributed by atoms with Gasteiger partial charge >= 0.3 is 0 Å². The van der Waals surface area contributed by atoms with Crippen molar-refractivity contribution in [1.82, 2.24) is 14.5 Å². The maximum Gasteiger partial charge on any atom is 0.254 e. The molecule has 5 rings (SSSR count). The number of benzene rings is 3. The van der Waals surface area contributed by atoms with Crippen molar-refractivity contribution in [3.8, 4) is 22.9 Å². The highest BCUT2D eigenvalue weighted by atomic mass is 16.5. The standard InChI is InChI=1S/C25H20N4O2/c26-16-18-1-8-22(9-2-18)29-17-27-23-10-7-21(15-24(23)29)19-3-5-20(6-4-19)25(30)28-11-13-31-14-12-28/h1-10,15,17H,11-14H2. The van der Waals surface area contributed by atoms with Crippen molar-refractivity contribution in [2.45, 2.75) is 0 Å². The zero-order chi connectivity index (χ0) is 21.2. The summed E-state index contributed by atoms with van der Waals surface area (Å²) < 4.78 is 7.34. The van der Waals surface area contributed by atoms with Crippen molar-refractivity contribution in [1.29, 1.82) is 5.26 Å². The number of imidazole rings is 1. The van der Waals surface area contributed by atoms with Gasteiger partial charge in [-0.2, -0.15) is 5.26 Å². The summed E-state index contributed by atoms with van der Waals surface area (Å²) in [5.74, 6) is 0.0456. The minimum Gasteiger partial charge on any atom is -0.378 e. The molecule has 0 unspecified atom stereocenters. The fourth-order valence-corrected chi connectivity index (χ4v) is 3.84. The molecule has 0 spiro atoms. The summed E-state index contributed by atoms with van der Waals surface area (Å²) in [6.07, 6.45) is 1.79. The van der Waals surface area contributed by atoms with Crippen molar-refractivity contribution in [3.05, 3.63) is 84.2 Å². The second kappa shape index (κ2) is 8.05. The summed E-state index contributed by atoms with van der Waals surface area (Å²) in [4.78, 5) is 19.0. The molecule has 1 saturated heterocycles. The van der Waals surface area contributed by atoms with Gasteiger partial charge in [0.15, 0.2) is 0 Å². The van der Waals surface area contributed by atoms with E-state index in [0.29, 0.717) is 37.4 Å². The Labute approximate surface area is 179 Å². The normalized spacial score (nSPS) is 13.8. The van der Waals surface area contributed by atoms with E-state index < -0.39 is 0 Å². The lowest BCUT2D eigenvalue weighted by Gasteiger charge is -2.26. The van der Waals surface area contributed by atoms with Crippen molar-refractivity contribution in [2.24, 2.45) is 0 Å². The third-order valence-electron chi connectivity index (χ3n) is 5.59. The number of aromatic nitrogens is 2. The quantitative estimate of drug-likeness (QED) is 0.513. The van der Waals surface area contributed by atoms with Gasteiger partial charge < -0.3 is 9.64 Å². The molecule has 1 amide bonds. The monoisotopic (exact) mass is 408 g/mol. The number of morpholine rings is 1. The van der Waals surface area contributed by atoms with Gasteiger partial charge in [-0.05, 0) is 59.7 Å². The molecule has 6 nitrogen and oxygen atoms in total. The van der Waals surface area contributed by atoms with E-state index in [1.807, 2.05) is 58.0 Å². The molecule has 4 aromatic rings. The molecule has 1 aliphatic rings. The Hall–Kier alpha value is -3.95. The average Bonchev–Trinajstić information content (AvgIpc) is 3.27. The largest absolute Gasteiger partial charge is 0.378 e. The average molecular weight is 408 g/mol. The highest BCUT2D eigenvalue weighted by Gasteiger charge is 2.18. The smallest absolute Gasteiger partial charge is 0.254 e. The molecule has 2 heterocycles. The molecular weight excluding hydrogens is 388 g/mol. The first-order chi connectivity index (χ1) is 15.2. The van der Waals surface area contributed by atoms with Crippen molar-refractivity contribution >= 4 is 16.9 Å². The number of hydrogen-bond donors (Lipinski definition) is 0. The molecule has 0 saturated carbocycles. The lowest BCUT2D eigenvalue weighted by Crippen LogP contribution is -2.40. The van der Waals surface area contributed by atoms with Gasteiger partial charge in [0.05, 0.1) is 35.9 Å². The Kier molecular flexibility index (Phi) is 4.95. The summed E-state index contributed by atoms with van der Waals surface area (Å²) >= 11 is 0. The first-order valence-electron chi connectivity index (χ1n) is 10.2. The summed E-state index contributed by atoms with van der Waals surface area (Å²) in [7, 11) is 0. The number of nitriles is 1. The fraction of sp³-hybridized carbons (Fsp3) is 0.160. The zero-order valence-electron chi connectivity index (χ0n) is 16.9. The highest BCUT2D eigenvalue weighted by Crippen LogP contribution is 2.26. The Bertz CT molecular complexity index is 1280. The molecule has 152 valence electrons. The van der Waals surface area contributed by atoms with E-state index in [-0.39, 0.29) is 5.91 Å². The molecule has 1 aromatic heterocycles. The minimum atomic E-state index is 0.0456. The van der Waals surface area contributed by atoms with Crippen LogP contribution in [0.15, 0.2) is 73.1 Å². The molecule has 0 aliphatic carbocycles. The maximum atomic E-state index is 12.7. The SMILES string of the molecule is N#Cc1ccc(-n2cnc3ccc(-c4ccc(C(=O)N5CCOCC5)cc4)cc32)cc1. The number of rotatable bonds is 3. The van der Waals surface area contributed by atoms with E-state index in [1.165, 1.54) is 0 Å². The van der Waals surface area contributed by atoms with Gasteiger partial charge in [-0.25, -0.2) is 4.98 Å². The first kappa shape index (κ1) is 19.0. The third-order valence-corrected chi connectivity index (χ3v) is 5.59. The molecule has 0 bridgehead atoms. The number of amides is 1. The van der Waals surface area contributed by atoms with E-state index in [1.54, 1.807) is 18.5 Å². The molecule has 0 atom stereocenters. The van der Waals surface area contributed by atoms with Crippen LogP contribution in [-0.4, -0.2) is 46.7 Å². The van der Waals surface area contributed by atoms with Crippen LogP contribution in [-0.2, 0) is 4.74 Å². The molecule has 1 fully saturated rings. The Morgan fingerprint density at radius 1 is 0.935 bits per heavy atom. The summed E-state index contributed by atoms with van der Waals surface area (Å²) in [6, 6.07) is 23.4. The van der Waals surface area contributed by atoms with Crippen molar-refractivity contribution in [2.75, 3.05) is 26.3 Å². The first-order valence-corrected chi connectivity index (χ1v) is 10.2. The van der Waals surface area contributed by atoms with Crippen LogP contribution in [0, 0.1) is 11.3 Å². The second-order valence-corrected chi connectivity index (χ2v) is 7.46. The van der Waals surface area contributed by atoms with Gasteiger partial charge in [0.2, 0.25) is 0 Å². The molecule has 3 aromatic carbocycles. The number of carbonyl (C=O) groups is 1. The predicted molar refractivity (Wildman–Crippen MR) is 118 cm³/mol. The van der Waals surface area contributed by atoms with Crippen LogP contribution in [0.1, 0.15) is 15.9 Å². The van der Waals surface area contributed by atoms with Crippen LogP contribution in [0.2, 0.25) is 0 Å². The predicted octanol–water partition coefficient (Wildman–Crippen LogP) is 4.04. The van der Waals surface area contributed by atoms with Gasteiger partial charge in [-0.15, -0.1) is 0 Å². The number of nitrogens with zero attached hydrogens (tertiary/aromatic N) is 4. The van der Waals surface area contributed by atoms with Gasteiger partial charge in [0, 0.05) is 24.3 Å². The van der Waals surface area contributed by atoms with Crippen molar-refractivity contribution in [3.63, 3.8) is 0 Å². The Balaban J connectivity index is 1.45. The van der Waals surface area contributed by atoms with Crippen LogP contribution in [0.25, 0.3) is 27.8 Å². The second-order valence-electron chi connectivity index (χ2n) is 7.46. The molecule has 1 aliphatic heterocycles.